The molecule has 2 fully saturated rings. The van der Waals surface area contributed by atoms with E-state index in [4.69, 9.17) is 20.7 Å². The molecule has 10 N–H and O–H groups in total. The molecular weight excluding hydrogens is 538 g/mol. The Kier molecular flexibility index (Phi) is 6.75. The van der Waals surface area contributed by atoms with Crippen molar-refractivity contribution in [1.82, 2.24) is 14.5 Å². The van der Waals surface area contributed by atoms with Crippen LogP contribution in [0, 0.1) is 5.41 Å². The summed E-state index contributed by atoms with van der Waals surface area (Å²) in [4.78, 5) is 29.2. The molecule has 3 aliphatic heterocycles. The second-order valence-corrected chi connectivity index (χ2v) is 13.1. The minimum Gasteiger partial charge on any atom is -0.390 e. The predicted octanol–water partition coefficient (Wildman–Crippen LogP) is -2.75. The number of anilines is 1. The lowest BCUT2D eigenvalue weighted by molar-refractivity contribution is -0.717. The number of aliphatic hydroxyl groups is 4. The lowest BCUT2D eigenvalue weighted by Crippen LogP contribution is -2.48. The zero-order valence-corrected chi connectivity index (χ0v) is 21.1. The van der Waals surface area contributed by atoms with Crippen molar-refractivity contribution in [2.75, 3.05) is 25.0 Å². The third-order valence-corrected chi connectivity index (χ3v) is 10.7. The first-order valence-electron chi connectivity index (χ1n) is 11.4. The molecule has 10 atom stereocenters. The molecule has 1 saturated carbocycles. The van der Waals surface area contributed by atoms with Gasteiger partial charge in [0.15, 0.2) is 11.7 Å². The fraction of sp³-hybridized carbons (Fsp3) is 0.722. The third kappa shape index (κ3) is 4.52. The first-order valence-corrected chi connectivity index (χ1v) is 14.7. The molecule has 17 nitrogen and oxygen atoms in total. The molecule has 37 heavy (non-hydrogen) atoms. The van der Waals surface area contributed by atoms with Crippen LogP contribution in [0.15, 0.2) is 12.7 Å². The van der Waals surface area contributed by atoms with Crippen LogP contribution in [0.4, 0.5) is 5.82 Å². The Hall–Kier alpha value is -1.59. The maximum absolute atomic E-state index is 13.0. The zero-order chi connectivity index (χ0) is 26.9. The third-order valence-electron chi connectivity index (χ3n) is 7.31. The van der Waals surface area contributed by atoms with Crippen molar-refractivity contribution in [3.63, 3.8) is 0 Å². The summed E-state index contributed by atoms with van der Waals surface area (Å²) in [6, 6.07) is -0.948. The van der Waals surface area contributed by atoms with E-state index in [0.29, 0.717) is 0 Å². The van der Waals surface area contributed by atoms with Gasteiger partial charge in [-0.2, -0.15) is 0 Å². The second-order valence-electron chi connectivity index (χ2n) is 9.66. The molecule has 2 aromatic rings. The first kappa shape index (κ1) is 27.0. The van der Waals surface area contributed by atoms with Crippen LogP contribution in [0.2, 0.25) is 0 Å². The van der Waals surface area contributed by atoms with Crippen LogP contribution in [0.5, 0.6) is 0 Å². The van der Waals surface area contributed by atoms with Crippen LogP contribution in [-0.2, 0) is 22.7 Å². The van der Waals surface area contributed by atoms with E-state index in [9.17, 15) is 39.3 Å². The van der Waals surface area contributed by atoms with Gasteiger partial charge in [-0.1, -0.05) is 4.98 Å². The largest absolute Gasteiger partial charge is 0.479 e. The number of hydrogen-bond acceptors (Lipinski definition) is 13. The van der Waals surface area contributed by atoms with E-state index in [1.807, 2.05) is 0 Å². The van der Waals surface area contributed by atoms with Gasteiger partial charge in [0.05, 0.1) is 18.9 Å². The molecule has 0 spiro atoms. The molecule has 1 aliphatic carbocycles. The Bertz CT molecular complexity index is 1300. The summed E-state index contributed by atoms with van der Waals surface area (Å²) >= 11 is 0. The maximum Gasteiger partial charge on any atom is 0.479 e. The number of aromatic nitrogens is 4. The molecule has 8 bridgehead atoms. The number of phosphoric ester groups is 1. The molecule has 2 aromatic heterocycles. The van der Waals surface area contributed by atoms with Crippen LogP contribution in [0.1, 0.15) is 25.1 Å². The molecule has 206 valence electrons. The predicted molar refractivity (Wildman–Crippen MR) is 121 cm³/mol. The van der Waals surface area contributed by atoms with Gasteiger partial charge in [-0.15, -0.1) is 0 Å². The summed E-state index contributed by atoms with van der Waals surface area (Å²) in [6.45, 7) is -0.839. The van der Waals surface area contributed by atoms with Crippen molar-refractivity contribution in [3.8, 4) is 0 Å². The van der Waals surface area contributed by atoms with E-state index in [1.165, 1.54) is 21.8 Å². The lowest BCUT2D eigenvalue weighted by atomic mass is 9.82. The summed E-state index contributed by atoms with van der Waals surface area (Å²) < 4.78 is 43.3. The second kappa shape index (κ2) is 9.26. The highest BCUT2D eigenvalue weighted by molar-refractivity contribution is 7.64. The lowest BCUT2D eigenvalue weighted by Gasteiger charge is -2.34. The molecule has 2 unspecified atom stereocenters. The number of nitrogen functional groups attached to an aromatic ring is 1. The summed E-state index contributed by atoms with van der Waals surface area (Å²) in [7, 11) is -10.2. The number of imidazole rings is 1. The average molecular weight is 567 g/mol. The molecule has 19 heteroatoms. The Morgan fingerprint density at radius 1 is 1.16 bits per heavy atom. The van der Waals surface area contributed by atoms with Gasteiger partial charge >= 0.3 is 15.4 Å². The van der Waals surface area contributed by atoms with Crippen molar-refractivity contribution in [3.05, 3.63) is 12.7 Å². The standard InChI is InChI=1S/C18H28N6O11P2/c19-2-1-18-3-8(11(25)14(18)28)23-7-22-16-10(15(23)20)21-6-24(16)17-13(27)12(26)9(34-17)4-33-37(31,32)35-36(29,30)5-18/h6-9,11-14,17,20,25-28H,1-5,19H2,(H2,29,30,31,32)/p+1/t8-,9-,11+,12-,13-,14+,17-,18-/m1/s1. The van der Waals surface area contributed by atoms with Gasteiger partial charge in [0.25, 0.3) is 5.82 Å². The van der Waals surface area contributed by atoms with Crippen LogP contribution in [0.25, 0.3) is 11.2 Å². The van der Waals surface area contributed by atoms with E-state index >= 15 is 0 Å². The quantitative estimate of drug-likeness (QED) is 0.135. The maximum atomic E-state index is 13.0. The number of aliphatic hydroxyl groups excluding tert-OH is 4. The van der Waals surface area contributed by atoms with Gasteiger partial charge in [-0.05, 0) is 19.4 Å². The van der Waals surface area contributed by atoms with Gasteiger partial charge in [0.1, 0.15) is 36.8 Å². The zero-order valence-electron chi connectivity index (χ0n) is 19.3. The average Bonchev–Trinajstić information content (AvgIpc) is 3.42. The normalized spacial score (nSPS) is 44.6. The van der Waals surface area contributed by atoms with Gasteiger partial charge in [-0.25, -0.2) is 18.4 Å². The number of rotatable bonds is 2. The molecule has 4 aliphatic rings. The minimum absolute atomic E-state index is 0.0315. The minimum atomic E-state index is -5.20. The summed E-state index contributed by atoms with van der Waals surface area (Å²) in [6.07, 6.45) is -7.22. The summed E-state index contributed by atoms with van der Waals surface area (Å²) in [5.74, 6) is 0.0315. The SMILES string of the molecule is NCC[C@]12C[C@H]([C@H](O)[C@@H]1O)[n+]1cnc3c(ncn3[C@@H]3O[C@H](COP(=O)(O)OP(=O)(O)C2)[C@@H](O)[C@H]3O)c1N. The Morgan fingerprint density at radius 3 is 2.59 bits per heavy atom. The number of phosphoric acid groups is 1. The Labute approximate surface area is 209 Å². The number of ether oxygens (including phenoxy) is 1. The van der Waals surface area contributed by atoms with Gasteiger partial charge in [-0.3, -0.25) is 13.7 Å². The highest BCUT2D eigenvalue weighted by Gasteiger charge is 2.58. The van der Waals surface area contributed by atoms with Crippen LogP contribution >= 0.6 is 15.4 Å². The van der Waals surface area contributed by atoms with Crippen LogP contribution in [0.3, 0.4) is 0 Å². The van der Waals surface area contributed by atoms with E-state index in [1.54, 1.807) is 0 Å². The first-order chi connectivity index (χ1) is 17.3. The smallest absolute Gasteiger partial charge is 0.390 e. The summed E-state index contributed by atoms with van der Waals surface area (Å²) in [5, 5.41) is 42.9. The molecular formula is C18H29N6O11P2+. The van der Waals surface area contributed by atoms with E-state index < -0.39 is 76.4 Å². The molecule has 0 radical (unpaired) electrons. The van der Waals surface area contributed by atoms with Crippen molar-refractivity contribution in [2.45, 2.75) is 55.6 Å². The summed E-state index contributed by atoms with van der Waals surface area (Å²) in [5.41, 5.74) is 10.9. The molecule has 6 rings (SSSR count). The monoisotopic (exact) mass is 567 g/mol. The molecule has 0 aromatic carbocycles. The van der Waals surface area contributed by atoms with E-state index in [2.05, 4.69) is 14.3 Å². The highest BCUT2D eigenvalue weighted by Crippen LogP contribution is 2.64. The number of fused-ring (bicyclic) bond motifs is 6. The highest BCUT2D eigenvalue weighted by atomic mass is 31.3. The van der Waals surface area contributed by atoms with E-state index in [0.717, 1.165) is 0 Å². The molecule has 5 heterocycles. The van der Waals surface area contributed by atoms with Crippen molar-refractivity contribution in [1.29, 1.82) is 0 Å². The Balaban J connectivity index is 1.65. The van der Waals surface area contributed by atoms with Crippen LogP contribution in [-0.4, -0.2) is 94.6 Å². The van der Waals surface area contributed by atoms with Crippen molar-refractivity contribution in [2.24, 2.45) is 11.1 Å². The topological polar surface area (TPSA) is 270 Å². The van der Waals surface area contributed by atoms with Gasteiger partial charge in [0.2, 0.25) is 12.0 Å². The van der Waals surface area contributed by atoms with Crippen molar-refractivity contribution >= 4 is 32.4 Å². The number of nitrogens with zero attached hydrogens (tertiary/aromatic N) is 4. The van der Waals surface area contributed by atoms with Gasteiger partial charge < -0.3 is 46.4 Å². The fourth-order valence-electron chi connectivity index (χ4n) is 5.56. The molecule has 0 amide bonds. The molecule has 1 saturated heterocycles. The number of nitrogens with two attached hydrogens (primary N) is 2. The van der Waals surface area contributed by atoms with Crippen molar-refractivity contribution < 1.29 is 57.5 Å². The van der Waals surface area contributed by atoms with E-state index in [-0.39, 0.29) is 36.4 Å². The fourth-order valence-corrected chi connectivity index (χ4v) is 8.87. The van der Waals surface area contributed by atoms with Gasteiger partial charge in [0, 0.05) is 5.41 Å². The number of hydrogen-bond donors (Lipinski definition) is 8. The van der Waals surface area contributed by atoms with Crippen LogP contribution < -0.4 is 16.0 Å². The Morgan fingerprint density at radius 2 is 1.89 bits per heavy atom.